The third-order valence-electron chi connectivity index (χ3n) is 3.70. The summed E-state index contributed by atoms with van der Waals surface area (Å²) in [5.41, 5.74) is 4.41. The highest BCUT2D eigenvalue weighted by molar-refractivity contribution is 14.1. The molecule has 2 nitrogen and oxygen atoms in total. The predicted octanol–water partition coefficient (Wildman–Crippen LogP) is 4.19. The monoisotopic (exact) mass is 377 g/mol. The molecule has 0 fully saturated rings. The summed E-state index contributed by atoms with van der Waals surface area (Å²) in [7, 11) is 0. The Kier molecular flexibility index (Phi) is 3.78. The first kappa shape index (κ1) is 13.6. The maximum Gasteiger partial charge on any atom is 0.259 e. The number of carbonyl (C=O) groups excluding carboxylic acids is 1. The molecule has 3 rings (SSSR count). The van der Waals surface area contributed by atoms with Gasteiger partial charge in [0.25, 0.3) is 5.91 Å². The summed E-state index contributed by atoms with van der Waals surface area (Å²) < 4.78 is 1.01. The van der Waals surface area contributed by atoms with E-state index < -0.39 is 0 Å². The summed E-state index contributed by atoms with van der Waals surface area (Å²) >= 11 is 2.23. The second kappa shape index (κ2) is 5.56. The van der Waals surface area contributed by atoms with Crippen LogP contribution in [0.4, 0.5) is 5.69 Å². The van der Waals surface area contributed by atoms with Crippen molar-refractivity contribution < 1.29 is 4.79 Å². The molecular formula is C17H16INO. The quantitative estimate of drug-likeness (QED) is 0.683. The number of nitrogens with zero attached hydrogens (tertiary/aromatic N) is 1. The molecule has 0 atom stereocenters. The molecule has 0 saturated carbocycles. The van der Waals surface area contributed by atoms with Crippen LogP contribution in [-0.2, 0) is 6.42 Å². The maximum atomic E-state index is 12.8. The van der Waals surface area contributed by atoms with Crippen molar-refractivity contribution in [1.29, 1.82) is 0 Å². The Morgan fingerprint density at radius 2 is 2.00 bits per heavy atom. The Morgan fingerprint density at radius 1 is 1.20 bits per heavy atom. The van der Waals surface area contributed by atoms with E-state index in [0.29, 0.717) is 0 Å². The van der Waals surface area contributed by atoms with Crippen molar-refractivity contribution in [2.75, 3.05) is 11.4 Å². The van der Waals surface area contributed by atoms with Gasteiger partial charge in [-0.3, -0.25) is 4.79 Å². The van der Waals surface area contributed by atoms with Crippen LogP contribution in [0.5, 0.6) is 0 Å². The Balaban J connectivity index is 2.01. The molecule has 0 bridgehead atoms. The first-order valence-electron chi connectivity index (χ1n) is 6.83. The SMILES string of the molecule is Cc1ccc2c(c1)CCCN2C(=O)c1ccccc1I. The van der Waals surface area contributed by atoms with E-state index in [0.717, 1.165) is 34.2 Å². The van der Waals surface area contributed by atoms with Crippen LogP contribution < -0.4 is 4.90 Å². The highest BCUT2D eigenvalue weighted by atomic mass is 127. The molecule has 1 aliphatic rings. The van der Waals surface area contributed by atoms with Crippen LogP contribution >= 0.6 is 22.6 Å². The molecule has 0 spiro atoms. The zero-order valence-corrected chi connectivity index (χ0v) is 13.6. The van der Waals surface area contributed by atoms with Gasteiger partial charge in [-0.05, 0) is 66.1 Å². The van der Waals surface area contributed by atoms with E-state index in [2.05, 4.69) is 47.7 Å². The van der Waals surface area contributed by atoms with Crippen molar-refractivity contribution in [1.82, 2.24) is 0 Å². The molecule has 3 heteroatoms. The Morgan fingerprint density at radius 3 is 2.80 bits per heavy atom. The molecule has 1 heterocycles. The van der Waals surface area contributed by atoms with Gasteiger partial charge in [0, 0.05) is 15.8 Å². The summed E-state index contributed by atoms with van der Waals surface area (Å²) in [5, 5.41) is 0. The highest BCUT2D eigenvalue weighted by Gasteiger charge is 2.24. The normalized spacial score (nSPS) is 14.0. The van der Waals surface area contributed by atoms with E-state index in [-0.39, 0.29) is 5.91 Å². The molecule has 1 aliphatic heterocycles. The number of fused-ring (bicyclic) bond motifs is 1. The van der Waals surface area contributed by atoms with Gasteiger partial charge < -0.3 is 4.90 Å². The molecule has 0 N–H and O–H groups in total. The minimum absolute atomic E-state index is 0.111. The van der Waals surface area contributed by atoms with Gasteiger partial charge >= 0.3 is 0 Å². The summed E-state index contributed by atoms with van der Waals surface area (Å²) in [5.74, 6) is 0.111. The highest BCUT2D eigenvalue weighted by Crippen LogP contribution is 2.29. The van der Waals surface area contributed by atoms with Crippen LogP contribution in [0, 0.1) is 10.5 Å². The number of benzene rings is 2. The number of rotatable bonds is 1. The van der Waals surface area contributed by atoms with Gasteiger partial charge in [-0.15, -0.1) is 0 Å². The summed E-state index contributed by atoms with van der Waals surface area (Å²) in [6.07, 6.45) is 2.10. The van der Waals surface area contributed by atoms with E-state index in [1.54, 1.807) is 0 Å². The van der Waals surface area contributed by atoms with Crippen molar-refractivity contribution in [2.24, 2.45) is 0 Å². The van der Waals surface area contributed by atoms with E-state index in [1.165, 1.54) is 11.1 Å². The molecule has 20 heavy (non-hydrogen) atoms. The number of hydrogen-bond acceptors (Lipinski definition) is 1. The molecular weight excluding hydrogens is 361 g/mol. The fraction of sp³-hybridized carbons (Fsp3) is 0.235. The largest absolute Gasteiger partial charge is 0.308 e. The van der Waals surface area contributed by atoms with E-state index in [4.69, 9.17) is 0 Å². The van der Waals surface area contributed by atoms with Crippen molar-refractivity contribution in [3.63, 3.8) is 0 Å². The average Bonchev–Trinajstić information content (AvgIpc) is 2.46. The van der Waals surface area contributed by atoms with Crippen molar-refractivity contribution in [3.05, 3.63) is 62.7 Å². The van der Waals surface area contributed by atoms with Crippen LogP contribution in [0.2, 0.25) is 0 Å². The number of anilines is 1. The molecule has 1 amide bonds. The Bertz CT molecular complexity index is 666. The molecule has 2 aromatic rings. The Hall–Kier alpha value is -1.36. The first-order chi connectivity index (χ1) is 9.66. The van der Waals surface area contributed by atoms with Crippen LogP contribution in [0.25, 0.3) is 0 Å². The van der Waals surface area contributed by atoms with Gasteiger partial charge in [0.05, 0.1) is 5.56 Å². The molecule has 2 aromatic carbocycles. The van der Waals surface area contributed by atoms with Gasteiger partial charge in [0.2, 0.25) is 0 Å². The predicted molar refractivity (Wildman–Crippen MR) is 90.3 cm³/mol. The molecule has 0 unspecified atom stereocenters. The van der Waals surface area contributed by atoms with Gasteiger partial charge in [0.1, 0.15) is 0 Å². The van der Waals surface area contributed by atoms with Gasteiger partial charge in [-0.25, -0.2) is 0 Å². The van der Waals surface area contributed by atoms with E-state index >= 15 is 0 Å². The van der Waals surface area contributed by atoms with Gasteiger partial charge in [-0.2, -0.15) is 0 Å². The van der Waals surface area contributed by atoms with E-state index in [9.17, 15) is 4.79 Å². The lowest BCUT2D eigenvalue weighted by Crippen LogP contribution is -2.35. The second-order valence-corrected chi connectivity index (χ2v) is 6.33. The fourth-order valence-electron chi connectivity index (χ4n) is 2.72. The first-order valence-corrected chi connectivity index (χ1v) is 7.90. The summed E-state index contributed by atoms with van der Waals surface area (Å²) in [6, 6.07) is 14.1. The topological polar surface area (TPSA) is 20.3 Å². The van der Waals surface area contributed by atoms with Crippen molar-refractivity contribution in [2.45, 2.75) is 19.8 Å². The standard InChI is InChI=1S/C17H16INO/c1-12-8-9-16-13(11-12)5-4-10-19(16)17(20)14-6-2-3-7-15(14)18/h2-3,6-9,11H,4-5,10H2,1H3. The number of carbonyl (C=O) groups is 1. The van der Waals surface area contributed by atoms with Crippen molar-refractivity contribution >= 4 is 34.2 Å². The summed E-state index contributed by atoms with van der Waals surface area (Å²) in [4.78, 5) is 14.7. The van der Waals surface area contributed by atoms with E-state index in [1.807, 2.05) is 29.2 Å². The third-order valence-corrected chi connectivity index (χ3v) is 4.64. The molecule has 0 aromatic heterocycles. The average molecular weight is 377 g/mol. The number of hydrogen-bond donors (Lipinski definition) is 0. The lowest BCUT2D eigenvalue weighted by atomic mass is 9.99. The van der Waals surface area contributed by atoms with Gasteiger partial charge in [-0.1, -0.05) is 29.8 Å². The Labute approximate surface area is 132 Å². The minimum Gasteiger partial charge on any atom is -0.308 e. The maximum absolute atomic E-state index is 12.8. The zero-order chi connectivity index (χ0) is 14.1. The third kappa shape index (κ3) is 2.46. The molecule has 102 valence electrons. The van der Waals surface area contributed by atoms with Crippen LogP contribution in [-0.4, -0.2) is 12.5 Å². The lowest BCUT2D eigenvalue weighted by Gasteiger charge is -2.30. The zero-order valence-electron chi connectivity index (χ0n) is 11.4. The number of halogens is 1. The number of amides is 1. The molecule has 0 radical (unpaired) electrons. The second-order valence-electron chi connectivity index (χ2n) is 5.17. The van der Waals surface area contributed by atoms with Gasteiger partial charge in [0.15, 0.2) is 0 Å². The fourth-order valence-corrected chi connectivity index (χ4v) is 3.34. The minimum atomic E-state index is 0.111. The van der Waals surface area contributed by atoms with Crippen LogP contribution in [0.1, 0.15) is 27.9 Å². The smallest absolute Gasteiger partial charge is 0.259 e. The van der Waals surface area contributed by atoms with Crippen LogP contribution in [0.15, 0.2) is 42.5 Å². The van der Waals surface area contributed by atoms with Crippen molar-refractivity contribution in [3.8, 4) is 0 Å². The summed E-state index contributed by atoms with van der Waals surface area (Å²) in [6.45, 7) is 2.90. The number of aryl methyl sites for hydroxylation is 2. The van der Waals surface area contributed by atoms with Crippen LogP contribution in [0.3, 0.4) is 0 Å². The lowest BCUT2D eigenvalue weighted by molar-refractivity contribution is 0.0984. The molecule has 0 aliphatic carbocycles. The molecule has 0 saturated heterocycles.